The van der Waals surface area contributed by atoms with Crippen molar-refractivity contribution in [2.24, 2.45) is 0 Å². The van der Waals surface area contributed by atoms with Gasteiger partial charge in [-0.3, -0.25) is 9.78 Å². The second-order valence-corrected chi connectivity index (χ2v) is 8.95. The summed E-state index contributed by atoms with van der Waals surface area (Å²) in [6.45, 7) is 6.95. The van der Waals surface area contributed by atoms with Gasteiger partial charge in [-0.05, 0) is 68.4 Å². The lowest BCUT2D eigenvalue weighted by Crippen LogP contribution is -2.33. The molecule has 1 fully saturated rings. The van der Waals surface area contributed by atoms with Crippen LogP contribution in [0.1, 0.15) is 62.3 Å². The van der Waals surface area contributed by atoms with Crippen LogP contribution in [0.5, 0.6) is 0 Å². The molecule has 0 unspecified atom stereocenters. The summed E-state index contributed by atoms with van der Waals surface area (Å²) < 4.78 is 2.26. The third-order valence-electron chi connectivity index (χ3n) is 6.12. The van der Waals surface area contributed by atoms with Gasteiger partial charge in [-0.2, -0.15) is 0 Å². The number of benzene rings is 1. The Balaban J connectivity index is 1.57. The van der Waals surface area contributed by atoms with Gasteiger partial charge in [-0.25, -0.2) is 0 Å². The van der Waals surface area contributed by atoms with Crippen LogP contribution in [0, 0.1) is 0 Å². The van der Waals surface area contributed by atoms with Crippen molar-refractivity contribution >= 4 is 28.9 Å². The van der Waals surface area contributed by atoms with Gasteiger partial charge in [-0.1, -0.05) is 31.2 Å². The maximum Gasteiger partial charge on any atom is 0.226 e. The summed E-state index contributed by atoms with van der Waals surface area (Å²) in [5, 5.41) is 7.19. The third-order valence-corrected chi connectivity index (χ3v) is 6.47. The fourth-order valence-electron chi connectivity index (χ4n) is 4.48. The number of aromatic nitrogens is 2. The highest BCUT2D eigenvalue weighted by Crippen LogP contribution is 2.39. The van der Waals surface area contributed by atoms with Crippen molar-refractivity contribution in [1.82, 2.24) is 19.8 Å². The minimum absolute atomic E-state index is 0.0158. The summed E-state index contributed by atoms with van der Waals surface area (Å²) in [5.74, 6) is -0.0158. The fraction of sp³-hybridized carbons (Fsp3) is 0.346. The fourth-order valence-corrected chi connectivity index (χ4v) is 4.81. The van der Waals surface area contributed by atoms with Crippen LogP contribution in [-0.2, 0) is 11.2 Å². The molecule has 172 valence electrons. The molecule has 1 aliphatic heterocycles. The predicted octanol–water partition coefficient (Wildman–Crippen LogP) is 5.03. The largest absolute Gasteiger partial charge is 0.352 e. The van der Waals surface area contributed by atoms with E-state index >= 15 is 0 Å². The van der Waals surface area contributed by atoms with Gasteiger partial charge < -0.3 is 20.1 Å². The quantitative estimate of drug-likeness (QED) is 0.461. The summed E-state index contributed by atoms with van der Waals surface area (Å²) >= 11 is 5.74. The van der Waals surface area contributed by atoms with Crippen molar-refractivity contribution < 1.29 is 4.79 Å². The Morgan fingerprint density at radius 1 is 1.15 bits per heavy atom. The molecule has 0 spiro atoms. The molecule has 1 aliphatic rings. The Labute approximate surface area is 201 Å². The van der Waals surface area contributed by atoms with E-state index in [2.05, 4.69) is 64.2 Å². The molecule has 0 radical (unpaired) electrons. The first-order chi connectivity index (χ1) is 16.0. The maximum atomic E-state index is 12.8. The lowest BCUT2D eigenvalue weighted by atomic mass is 10.0. The number of nitrogens with zero attached hydrogens (tertiary/aromatic N) is 3. The zero-order valence-corrected chi connectivity index (χ0v) is 20.2. The van der Waals surface area contributed by atoms with E-state index < -0.39 is 0 Å². The second-order valence-electron chi connectivity index (χ2n) is 8.56. The monoisotopic (exact) mass is 461 g/mol. The molecule has 4 rings (SSSR count). The molecule has 3 heterocycles. The molecule has 2 aromatic heterocycles. The number of carbonyl (C=O) groups is 1. The van der Waals surface area contributed by atoms with Gasteiger partial charge >= 0.3 is 0 Å². The van der Waals surface area contributed by atoms with E-state index in [1.807, 2.05) is 42.5 Å². The summed E-state index contributed by atoms with van der Waals surface area (Å²) in [7, 11) is 0. The molecular weight excluding hydrogens is 430 g/mol. The van der Waals surface area contributed by atoms with Crippen molar-refractivity contribution in [3.8, 4) is 0 Å². The maximum absolute atomic E-state index is 12.8. The minimum Gasteiger partial charge on any atom is -0.352 e. The first kappa shape index (κ1) is 23.0. The number of nitrogens with one attached hydrogen (secondary N) is 2. The van der Waals surface area contributed by atoms with Gasteiger partial charge in [0.05, 0.1) is 17.8 Å². The zero-order chi connectivity index (χ0) is 23.4. The van der Waals surface area contributed by atoms with Gasteiger partial charge in [0.25, 0.3) is 0 Å². The molecule has 3 aromatic rings. The molecular formula is C26H31N5OS. The first-order valence-corrected chi connectivity index (χ1v) is 11.9. The van der Waals surface area contributed by atoms with Gasteiger partial charge in [0.15, 0.2) is 5.11 Å². The van der Waals surface area contributed by atoms with Crippen LogP contribution in [-0.4, -0.2) is 32.0 Å². The zero-order valence-electron chi connectivity index (χ0n) is 19.4. The van der Waals surface area contributed by atoms with Gasteiger partial charge in [0.2, 0.25) is 5.91 Å². The highest BCUT2D eigenvalue weighted by Gasteiger charge is 2.41. The molecule has 7 heteroatoms. The number of hydrogen-bond donors (Lipinski definition) is 2. The minimum atomic E-state index is -0.0880. The van der Waals surface area contributed by atoms with Crippen LogP contribution in [0.25, 0.3) is 0 Å². The Bertz CT molecular complexity index is 1110. The number of aryl methyl sites for hydroxylation is 1. The van der Waals surface area contributed by atoms with Crippen LogP contribution in [0.2, 0.25) is 0 Å². The highest BCUT2D eigenvalue weighted by atomic mass is 32.1. The van der Waals surface area contributed by atoms with Crippen molar-refractivity contribution in [2.45, 2.75) is 51.7 Å². The molecule has 1 saturated heterocycles. The van der Waals surface area contributed by atoms with Crippen LogP contribution in [0.4, 0.5) is 5.69 Å². The SMILES string of the molecule is CCc1ccccc1NC(=O)CCN1C(=S)N[C@@H](c2ccccn2)[C@H]1c1cccn1C(C)C. The number of carbonyl (C=O) groups excluding carboxylic acids is 1. The lowest BCUT2D eigenvalue weighted by molar-refractivity contribution is -0.116. The second kappa shape index (κ2) is 10.2. The van der Waals surface area contributed by atoms with Crippen molar-refractivity contribution in [3.05, 3.63) is 83.9 Å². The topological polar surface area (TPSA) is 62.2 Å². The van der Waals surface area contributed by atoms with E-state index in [9.17, 15) is 4.79 Å². The Morgan fingerprint density at radius 3 is 2.67 bits per heavy atom. The normalized spacial score (nSPS) is 17.9. The van der Waals surface area contributed by atoms with E-state index in [0.717, 1.165) is 29.1 Å². The van der Waals surface area contributed by atoms with Crippen molar-refractivity contribution in [3.63, 3.8) is 0 Å². The molecule has 1 aromatic carbocycles. The molecule has 6 nitrogen and oxygen atoms in total. The smallest absolute Gasteiger partial charge is 0.226 e. The van der Waals surface area contributed by atoms with E-state index in [-0.39, 0.29) is 18.0 Å². The predicted molar refractivity (Wildman–Crippen MR) is 136 cm³/mol. The van der Waals surface area contributed by atoms with E-state index in [1.54, 1.807) is 6.20 Å². The number of para-hydroxylation sites is 1. The van der Waals surface area contributed by atoms with E-state index in [0.29, 0.717) is 24.1 Å². The molecule has 0 aliphatic carbocycles. The standard InChI is InChI=1S/C26H31N5OS/c1-4-19-10-5-6-11-20(19)28-23(32)14-17-31-25(22-13-9-16-30(22)18(2)3)24(29-26(31)33)21-12-7-8-15-27-21/h5-13,15-16,18,24-25H,4,14,17H2,1-3H3,(H,28,32)(H,29,33)/t24-,25+/m0/s1. The third kappa shape index (κ3) is 4.93. The number of pyridine rings is 1. The lowest BCUT2D eigenvalue weighted by Gasteiger charge is -2.29. The Morgan fingerprint density at radius 2 is 1.94 bits per heavy atom. The number of thiocarbonyl (C=S) groups is 1. The van der Waals surface area contributed by atoms with Crippen LogP contribution in [0.3, 0.4) is 0 Å². The molecule has 1 amide bonds. The summed E-state index contributed by atoms with van der Waals surface area (Å²) in [6.07, 6.45) is 5.12. The number of anilines is 1. The molecule has 0 bridgehead atoms. The van der Waals surface area contributed by atoms with Gasteiger partial charge in [0, 0.05) is 42.8 Å². The Kier molecular flexibility index (Phi) is 7.08. The number of rotatable bonds is 8. The molecule has 0 saturated carbocycles. The average molecular weight is 462 g/mol. The molecule has 2 atom stereocenters. The molecule has 33 heavy (non-hydrogen) atoms. The van der Waals surface area contributed by atoms with Crippen LogP contribution in [0.15, 0.2) is 67.0 Å². The number of hydrogen-bond acceptors (Lipinski definition) is 3. The number of amides is 1. The summed E-state index contributed by atoms with van der Waals surface area (Å²) in [5.41, 5.74) is 4.10. The van der Waals surface area contributed by atoms with E-state index in [4.69, 9.17) is 12.2 Å². The van der Waals surface area contributed by atoms with Crippen LogP contribution >= 0.6 is 12.2 Å². The first-order valence-electron chi connectivity index (χ1n) is 11.5. The van der Waals surface area contributed by atoms with Gasteiger partial charge in [0.1, 0.15) is 0 Å². The average Bonchev–Trinajstić information content (AvgIpc) is 3.43. The Hall–Kier alpha value is -3.19. The van der Waals surface area contributed by atoms with E-state index in [1.165, 1.54) is 0 Å². The summed E-state index contributed by atoms with van der Waals surface area (Å²) in [6, 6.07) is 18.2. The van der Waals surface area contributed by atoms with Crippen LogP contribution < -0.4 is 10.6 Å². The highest BCUT2D eigenvalue weighted by molar-refractivity contribution is 7.80. The van der Waals surface area contributed by atoms with Crippen molar-refractivity contribution in [2.75, 3.05) is 11.9 Å². The summed E-state index contributed by atoms with van der Waals surface area (Å²) in [4.78, 5) is 19.6. The van der Waals surface area contributed by atoms with Crippen molar-refractivity contribution in [1.29, 1.82) is 0 Å². The van der Waals surface area contributed by atoms with Gasteiger partial charge in [-0.15, -0.1) is 0 Å². The molecule has 2 N–H and O–H groups in total.